The first-order valence-corrected chi connectivity index (χ1v) is 8.07. The number of hydrogen-bond acceptors (Lipinski definition) is 3. The maximum Gasteiger partial charge on any atom is 0.162 e. The fraction of sp³-hybridized carbons (Fsp3) is 0.611. The molecule has 1 aromatic rings. The standard InChI is InChI=1S/C18H24O3/c1-3-4-15(13(2)19)7-5-14-6-8-16-17(11-14)21-18(9-10-18)12-20-16/h6,8,11,15H,3-5,7,9-10,12H2,1-2H3. The van der Waals surface area contributed by atoms with Gasteiger partial charge in [-0.25, -0.2) is 0 Å². The summed E-state index contributed by atoms with van der Waals surface area (Å²) in [5, 5.41) is 0. The van der Waals surface area contributed by atoms with Crippen molar-refractivity contribution in [2.75, 3.05) is 6.61 Å². The van der Waals surface area contributed by atoms with E-state index in [1.54, 1.807) is 6.92 Å². The Kier molecular flexibility index (Phi) is 3.92. The van der Waals surface area contributed by atoms with E-state index in [0.717, 1.165) is 50.0 Å². The summed E-state index contributed by atoms with van der Waals surface area (Å²) in [5.74, 6) is 2.24. The Morgan fingerprint density at radius 2 is 2.10 bits per heavy atom. The van der Waals surface area contributed by atoms with Crippen molar-refractivity contribution in [3.05, 3.63) is 23.8 Å². The molecule has 1 spiro atoms. The molecule has 1 aliphatic carbocycles. The van der Waals surface area contributed by atoms with Crippen LogP contribution < -0.4 is 9.47 Å². The zero-order valence-corrected chi connectivity index (χ0v) is 13.0. The van der Waals surface area contributed by atoms with Crippen molar-refractivity contribution in [1.29, 1.82) is 0 Å². The van der Waals surface area contributed by atoms with Crippen molar-refractivity contribution < 1.29 is 14.3 Å². The summed E-state index contributed by atoms with van der Waals surface area (Å²) >= 11 is 0. The van der Waals surface area contributed by atoms with Crippen molar-refractivity contribution in [2.45, 2.75) is 58.0 Å². The summed E-state index contributed by atoms with van der Waals surface area (Å²) in [7, 11) is 0. The van der Waals surface area contributed by atoms with Crippen LogP contribution >= 0.6 is 0 Å². The quantitative estimate of drug-likeness (QED) is 0.795. The molecule has 0 aromatic heterocycles. The van der Waals surface area contributed by atoms with Crippen LogP contribution in [0.1, 0.15) is 51.5 Å². The van der Waals surface area contributed by atoms with E-state index in [2.05, 4.69) is 19.1 Å². The number of ether oxygens (including phenoxy) is 2. The number of ketones is 1. The van der Waals surface area contributed by atoms with Crippen molar-refractivity contribution in [1.82, 2.24) is 0 Å². The molecular formula is C18H24O3. The van der Waals surface area contributed by atoms with Gasteiger partial charge in [-0.2, -0.15) is 0 Å². The van der Waals surface area contributed by atoms with Crippen LogP contribution in [0.2, 0.25) is 0 Å². The van der Waals surface area contributed by atoms with Gasteiger partial charge in [0.05, 0.1) is 0 Å². The van der Waals surface area contributed by atoms with E-state index in [-0.39, 0.29) is 11.5 Å². The van der Waals surface area contributed by atoms with E-state index in [9.17, 15) is 4.79 Å². The van der Waals surface area contributed by atoms with Gasteiger partial charge in [0.2, 0.25) is 0 Å². The normalized spacial score (nSPS) is 19.3. The van der Waals surface area contributed by atoms with Crippen LogP contribution in [0.25, 0.3) is 0 Å². The molecule has 0 radical (unpaired) electrons. The lowest BCUT2D eigenvalue weighted by Crippen LogP contribution is -2.30. The summed E-state index contributed by atoms with van der Waals surface area (Å²) in [6.45, 7) is 4.53. The van der Waals surface area contributed by atoms with Crippen LogP contribution in [-0.2, 0) is 11.2 Å². The Morgan fingerprint density at radius 1 is 1.29 bits per heavy atom. The molecule has 1 heterocycles. The summed E-state index contributed by atoms with van der Waals surface area (Å²) in [6.07, 6.45) is 6.10. The van der Waals surface area contributed by atoms with E-state index in [1.807, 2.05) is 6.07 Å². The van der Waals surface area contributed by atoms with Crippen LogP contribution in [0.15, 0.2) is 18.2 Å². The lowest BCUT2D eigenvalue weighted by atomic mass is 9.92. The SMILES string of the molecule is CCCC(CCc1ccc2c(c1)OC1(CC1)CO2)C(C)=O. The molecule has 3 heteroatoms. The number of carbonyl (C=O) groups is 1. The first-order valence-electron chi connectivity index (χ1n) is 8.07. The summed E-state index contributed by atoms with van der Waals surface area (Å²) in [6, 6.07) is 6.19. The van der Waals surface area contributed by atoms with Gasteiger partial charge in [0.25, 0.3) is 0 Å². The zero-order valence-electron chi connectivity index (χ0n) is 13.0. The van der Waals surface area contributed by atoms with E-state index in [4.69, 9.17) is 9.47 Å². The summed E-state index contributed by atoms with van der Waals surface area (Å²) in [5.41, 5.74) is 1.20. The lowest BCUT2D eigenvalue weighted by Gasteiger charge is -2.26. The van der Waals surface area contributed by atoms with Gasteiger partial charge < -0.3 is 9.47 Å². The summed E-state index contributed by atoms with van der Waals surface area (Å²) in [4.78, 5) is 11.6. The molecule has 0 amide bonds. The molecule has 1 atom stereocenters. The minimum absolute atomic E-state index is 0.0320. The first kappa shape index (κ1) is 14.4. The predicted molar refractivity (Wildman–Crippen MR) is 81.9 cm³/mol. The van der Waals surface area contributed by atoms with Crippen molar-refractivity contribution in [3.8, 4) is 11.5 Å². The van der Waals surface area contributed by atoms with E-state index in [1.165, 1.54) is 5.56 Å². The minimum Gasteiger partial charge on any atom is -0.486 e. The number of hydrogen-bond donors (Lipinski definition) is 0. The Labute approximate surface area is 126 Å². The number of Topliss-reactive ketones (excluding diaryl/α,β-unsaturated/α-hetero) is 1. The smallest absolute Gasteiger partial charge is 0.162 e. The van der Waals surface area contributed by atoms with Gasteiger partial charge in [-0.15, -0.1) is 0 Å². The van der Waals surface area contributed by atoms with Gasteiger partial charge in [0.1, 0.15) is 18.0 Å². The third-order valence-electron chi connectivity index (χ3n) is 4.63. The highest BCUT2D eigenvalue weighted by atomic mass is 16.6. The molecule has 1 aromatic carbocycles. The molecule has 2 aliphatic rings. The number of carbonyl (C=O) groups excluding carboxylic acids is 1. The molecule has 0 saturated heterocycles. The van der Waals surface area contributed by atoms with Crippen molar-refractivity contribution >= 4 is 5.78 Å². The molecule has 1 aliphatic heterocycles. The topological polar surface area (TPSA) is 35.5 Å². The Bertz CT molecular complexity index is 531. The molecule has 1 fully saturated rings. The molecule has 114 valence electrons. The van der Waals surface area contributed by atoms with Gasteiger partial charge in [-0.3, -0.25) is 4.79 Å². The predicted octanol–water partition coefficient (Wildman–Crippen LogP) is 3.93. The second kappa shape index (κ2) is 5.70. The van der Waals surface area contributed by atoms with Crippen LogP contribution in [-0.4, -0.2) is 18.0 Å². The molecule has 1 unspecified atom stereocenters. The highest BCUT2D eigenvalue weighted by Crippen LogP contribution is 2.47. The van der Waals surface area contributed by atoms with Gasteiger partial charge in [0.15, 0.2) is 11.5 Å². The number of benzene rings is 1. The van der Waals surface area contributed by atoms with E-state index in [0.29, 0.717) is 12.4 Å². The van der Waals surface area contributed by atoms with E-state index < -0.39 is 0 Å². The van der Waals surface area contributed by atoms with Crippen LogP contribution in [0, 0.1) is 5.92 Å². The monoisotopic (exact) mass is 288 g/mol. The summed E-state index contributed by atoms with van der Waals surface area (Å²) < 4.78 is 11.9. The van der Waals surface area contributed by atoms with Gasteiger partial charge in [-0.05, 0) is 56.7 Å². The largest absolute Gasteiger partial charge is 0.486 e. The Morgan fingerprint density at radius 3 is 2.76 bits per heavy atom. The molecule has 1 saturated carbocycles. The molecule has 21 heavy (non-hydrogen) atoms. The van der Waals surface area contributed by atoms with Gasteiger partial charge >= 0.3 is 0 Å². The third kappa shape index (κ3) is 3.22. The molecule has 0 N–H and O–H groups in total. The molecular weight excluding hydrogens is 264 g/mol. The highest BCUT2D eigenvalue weighted by Gasteiger charge is 2.49. The number of fused-ring (bicyclic) bond motifs is 1. The van der Waals surface area contributed by atoms with Crippen molar-refractivity contribution in [2.24, 2.45) is 5.92 Å². The van der Waals surface area contributed by atoms with Crippen LogP contribution in [0.5, 0.6) is 11.5 Å². The Balaban J connectivity index is 1.65. The highest BCUT2D eigenvalue weighted by molar-refractivity contribution is 5.78. The fourth-order valence-corrected chi connectivity index (χ4v) is 3.01. The van der Waals surface area contributed by atoms with Gasteiger partial charge in [0, 0.05) is 5.92 Å². The third-order valence-corrected chi connectivity index (χ3v) is 4.63. The Hall–Kier alpha value is -1.51. The van der Waals surface area contributed by atoms with E-state index >= 15 is 0 Å². The van der Waals surface area contributed by atoms with Gasteiger partial charge in [-0.1, -0.05) is 19.4 Å². The zero-order chi connectivity index (χ0) is 14.9. The average molecular weight is 288 g/mol. The number of aryl methyl sites for hydroxylation is 1. The maximum atomic E-state index is 11.6. The minimum atomic E-state index is -0.0320. The first-order chi connectivity index (χ1) is 10.1. The molecule has 3 rings (SSSR count). The average Bonchev–Trinajstić information content (AvgIpc) is 3.21. The molecule has 3 nitrogen and oxygen atoms in total. The maximum absolute atomic E-state index is 11.6. The number of rotatable bonds is 6. The lowest BCUT2D eigenvalue weighted by molar-refractivity contribution is -0.121. The molecule has 0 bridgehead atoms. The van der Waals surface area contributed by atoms with Crippen LogP contribution in [0.4, 0.5) is 0 Å². The fourth-order valence-electron chi connectivity index (χ4n) is 3.01. The second-order valence-corrected chi connectivity index (χ2v) is 6.49. The van der Waals surface area contributed by atoms with Crippen molar-refractivity contribution in [3.63, 3.8) is 0 Å². The second-order valence-electron chi connectivity index (χ2n) is 6.49. The van der Waals surface area contributed by atoms with Crippen LogP contribution in [0.3, 0.4) is 0 Å².